The van der Waals surface area contributed by atoms with Crippen LogP contribution < -0.4 is 9.62 Å². The Morgan fingerprint density at radius 3 is 2.59 bits per heavy atom. The van der Waals surface area contributed by atoms with Crippen molar-refractivity contribution in [1.29, 1.82) is 0 Å². The summed E-state index contributed by atoms with van der Waals surface area (Å²) >= 11 is 1.23. The van der Waals surface area contributed by atoms with Gasteiger partial charge in [0.05, 0.1) is 5.69 Å². The van der Waals surface area contributed by atoms with Gasteiger partial charge in [-0.15, -0.1) is 11.3 Å². The molecule has 1 fully saturated rings. The van der Waals surface area contributed by atoms with Crippen LogP contribution in [0.2, 0.25) is 0 Å². The molecule has 3 heterocycles. The van der Waals surface area contributed by atoms with Gasteiger partial charge in [0.2, 0.25) is 10.0 Å². The van der Waals surface area contributed by atoms with Crippen LogP contribution in [0.1, 0.15) is 31.7 Å². The van der Waals surface area contributed by atoms with Crippen molar-refractivity contribution < 1.29 is 8.42 Å². The molecule has 0 radical (unpaired) electrons. The summed E-state index contributed by atoms with van der Waals surface area (Å²) in [5.74, 6) is 0. The van der Waals surface area contributed by atoms with E-state index in [4.69, 9.17) is 0 Å². The maximum absolute atomic E-state index is 12.7. The van der Waals surface area contributed by atoms with Gasteiger partial charge in [-0.1, -0.05) is 12.1 Å². The number of hydrogen-bond donors (Lipinski definition) is 1. The molecule has 6 nitrogen and oxygen atoms in total. The zero-order chi connectivity index (χ0) is 20.3. The van der Waals surface area contributed by atoms with Gasteiger partial charge >= 0.3 is 0 Å². The Kier molecular flexibility index (Phi) is 6.03. The average Bonchev–Trinajstić information content (AvgIpc) is 3.43. The fraction of sp³-hybridized carbons (Fsp3) is 0.381. The van der Waals surface area contributed by atoms with Gasteiger partial charge in [0.25, 0.3) is 0 Å². The third-order valence-corrected chi connectivity index (χ3v) is 8.12. The van der Waals surface area contributed by atoms with Gasteiger partial charge in [-0.05, 0) is 56.0 Å². The summed E-state index contributed by atoms with van der Waals surface area (Å²) in [6.45, 7) is 5.24. The molecule has 0 amide bonds. The zero-order valence-electron chi connectivity index (χ0n) is 16.5. The highest BCUT2D eigenvalue weighted by Gasteiger charge is 2.18. The third-order valence-electron chi connectivity index (χ3n) is 5.28. The minimum absolute atomic E-state index is 0.280. The van der Waals surface area contributed by atoms with Gasteiger partial charge in [-0.3, -0.25) is 4.68 Å². The number of hydrogen-bond acceptors (Lipinski definition) is 5. The van der Waals surface area contributed by atoms with Crippen LogP contribution in [0, 0.1) is 0 Å². The average molecular weight is 431 g/mol. The largest absolute Gasteiger partial charge is 0.372 e. The van der Waals surface area contributed by atoms with Crippen LogP contribution in [0.15, 0.2) is 52.2 Å². The van der Waals surface area contributed by atoms with Gasteiger partial charge in [-0.2, -0.15) is 5.10 Å². The molecule has 0 unspecified atom stereocenters. The quantitative estimate of drug-likeness (QED) is 0.613. The van der Waals surface area contributed by atoms with Crippen molar-refractivity contribution in [3.63, 3.8) is 0 Å². The number of nitrogens with zero attached hydrogens (tertiary/aromatic N) is 3. The lowest BCUT2D eigenvalue weighted by Crippen LogP contribution is -2.29. The molecular formula is C21H26N4O2S2. The number of anilines is 1. The minimum atomic E-state index is -3.55. The Morgan fingerprint density at radius 2 is 1.86 bits per heavy atom. The van der Waals surface area contributed by atoms with E-state index >= 15 is 0 Å². The van der Waals surface area contributed by atoms with E-state index in [1.165, 1.54) is 36.3 Å². The van der Waals surface area contributed by atoms with Crippen LogP contribution in [0.5, 0.6) is 0 Å². The van der Waals surface area contributed by atoms with Crippen molar-refractivity contribution in [3.8, 4) is 11.3 Å². The van der Waals surface area contributed by atoms with E-state index in [9.17, 15) is 8.42 Å². The number of sulfonamides is 1. The summed E-state index contributed by atoms with van der Waals surface area (Å²) in [4.78, 5) is 2.39. The predicted molar refractivity (Wildman–Crippen MR) is 118 cm³/mol. The highest BCUT2D eigenvalue weighted by Crippen LogP contribution is 2.28. The van der Waals surface area contributed by atoms with Crippen LogP contribution in [0.3, 0.4) is 0 Å². The van der Waals surface area contributed by atoms with Crippen LogP contribution in [-0.4, -0.2) is 31.3 Å². The summed E-state index contributed by atoms with van der Waals surface area (Å²) in [6, 6.07) is 11.8. The van der Waals surface area contributed by atoms with Crippen LogP contribution in [-0.2, 0) is 23.1 Å². The summed E-state index contributed by atoms with van der Waals surface area (Å²) in [7, 11) is -3.55. The lowest BCUT2D eigenvalue weighted by Gasteiger charge is -2.28. The Balaban J connectivity index is 1.41. The Labute approximate surface area is 176 Å². The first-order valence-electron chi connectivity index (χ1n) is 10.0. The topological polar surface area (TPSA) is 67.2 Å². The molecule has 2 aromatic heterocycles. The molecule has 154 valence electrons. The number of aromatic nitrogens is 2. The first-order chi connectivity index (χ1) is 14.1. The Bertz CT molecular complexity index is 1050. The molecule has 1 aromatic carbocycles. The number of nitrogens with one attached hydrogen (secondary N) is 1. The maximum atomic E-state index is 12.7. The fourth-order valence-corrected chi connectivity index (χ4v) is 5.88. The van der Waals surface area contributed by atoms with E-state index in [0.717, 1.165) is 36.5 Å². The normalized spacial score (nSPS) is 15.0. The first kappa shape index (κ1) is 20.1. The van der Waals surface area contributed by atoms with Crippen molar-refractivity contribution in [3.05, 3.63) is 53.5 Å². The minimum Gasteiger partial charge on any atom is -0.372 e. The zero-order valence-corrected chi connectivity index (χ0v) is 18.2. The van der Waals surface area contributed by atoms with E-state index in [1.54, 1.807) is 12.3 Å². The second kappa shape index (κ2) is 8.69. The molecule has 29 heavy (non-hydrogen) atoms. The number of rotatable bonds is 7. The van der Waals surface area contributed by atoms with E-state index in [0.29, 0.717) is 4.21 Å². The van der Waals surface area contributed by atoms with Crippen molar-refractivity contribution in [2.75, 3.05) is 18.0 Å². The molecule has 4 rings (SSSR count). The van der Waals surface area contributed by atoms with Gasteiger partial charge in [-0.25, -0.2) is 13.1 Å². The molecule has 1 aliphatic rings. The number of benzene rings is 1. The van der Waals surface area contributed by atoms with Crippen LogP contribution in [0.25, 0.3) is 11.3 Å². The molecule has 3 aromatic rings. The smallest absolute Gasteiger partial charge is 0.250 e. The van der Waals surface area contributed by atoms with Gasteiger partial charge in [0.15, 0.2) is 0 Å². The maximum Gasteiger partial charge on any atom is 0.250 e. The Hall–Kier alpha value is -2.16. The van der Waals surface area contributed by atoms with Crippen LogP contribution in [0.4, 0.5) is 5.69 Å². The van der Waals surface area contributed by atoms with Crippen molar-refractivity contribution in [1.82, 2.24) is 14.5 Å². The molecule has 0 spiro atoms. The molecule has 0 bridgehead atoms. The molecule has 0 saturated carbocycles. The van der Waals surface area contributed by atoms with Crippen LogP contribution >= 0.6 is 11.3 Å². The number of aryl methyl sites for hydroxylation is 1. The van der Waals surface area contributed by atoms with Gasteiger partial charge in [0, 0.05) is 49.0 Å². The molecule has 1 saturated heterocycles. The highest BCUT2D eigenvalue weighted by atomic mass is 32.2. The monoisotopic (exact) mass is 430 g/mol. The lowest BCUT2D eigenvalue weighted by molar-refractivity contribution is 0.577. The predicted octanol–water partition coefficient (Wildman–Crippen LogP) is 4.10. The van der Waals surface area contributed by atoms with Crippen molar-refractivity contribution in [2.45, 2.75) is 43.5 Å². The lowest BCUT2D eigenvalue weighted by atomic mass is 10.1. The second-order valence-electron chi connectivity index (χ2n) is 7.23. The third kappa shape index (κ3) is 4.55. The number of piperidine rings is 1. The van der Waals surface area contributed by atoms with Crippen molar-refractivity contribution in [2.24, 2.45) is 0 Å². The summed E-state index contributed by atoms with van der Waals surface area (Å²) < 4.78 is 30.4. The first-order valence-corrected chi connectivity index (χ1v) is 12.4. The number of thiophene rings is 1. The highest BCUT2D eigenvalue weighted by molar-refractivity contribution is 7.91. The molecular weight excluding hydrogens is 404 g/mol. The second-order valence-corrected chi connectivity index (χ2v) is 10.1. The molecule has 0 atom stereocenters. The molecule has 0 aliphatic carbocycles. The summed E-state index contributed by atoms with van der Waals surface area (Å²) in [5.41, 5.74) is 3.97. The summed E-state index contributed by atoms with van der Waals surface area (Å²) in [5, 5.41) is 6.12. The molecule has 1 N–H and O–H groups in total. The molecule has 1 aliphatic heterocycles. The van der Waals surface area contributed by atoms with E-state index in [-0.39, 0.29) is 6.54 Å². The van der Waals surface area contributed by atoms with Crippen molar-refractivity contribution >= 4 is 27.0 Å². The molecule has 8 heteroatoms. The van der Waals surface area contributed by atoms with E-state index < -0.39 is 10.0 Å². The standard InChI is InChI=1S/C21H26N4O2S2/c1-2-25-20(10-11-22-25)18-14-21(28-16-18)29(26,27)23-15-17-6-8-19(9-7-17)24-12-4-3-5-13-24/h6-11,14,16,23H,2-5,12-13,15H2,1H3. The summed E-state index contributed by atoms with van der Waals surface area (Å²) in [6.07, 6.45) is 5.52. The van der Waals surface area contributed by atoms with E-state index in [1.807, 2.05) is 35.2 Å². The van der Waals surface area contributed by atoms with Gasteiger partial charge < -0.3 is 4.90 Å². The van der Waals surface area contributed by atoms with Gasteiger partial charge in [0.1, 0.15) is 4.21 Å². The SMILES string of the molecule is CCn1nccc1-c1csc(S(=O)(=O)NCc2ccc(N3CCCCC3)cc2)c1. The fourth-order valence-electron chi connectivity index (χ4n) is 3.65. The Morgan fingerprint density at radius 1 is 1.10 bits per heavy atom. The van der Waals surface area contributed by atoms with E-state index in [2.05, 4.69) is 26.9 Å².